The molecule has 1 aliphatic heterocycles. The summed E-state index contributed by atoms with van der Waals surface area (Å²) in [7, 11) is 1.36. The number of rotatable bonds is 9. The van der Waals surface area contributed by atoms with Crippen LogP contribution in [0.1, 0.15) is 48.0 Å². The molecule has 1 N–H and O–H groups in total. The largest absolute Gasteiger partial charge is 0.492 e. The summed E-state index contributed by atoms with van der Waals surface area (Å²) < 4.78 is 10.5. The Kier molecular flexibility index (Phi) is 8.20. The Morgan fingerprint density at radius 2 is 1.81 bits per heavy atom. The van der Waals surface area contributed by atoms with Gasteiger partial charge >= 0.3 is 5.97 Å². The molecule has 0 radical (unpaired) electrons. The van der Waals surface area contributed by atoms with E-state index >= 15 is 0 Å². The van der Waals surface area contributed by atoms with Crippen molar-refractivity contribution in [1.29, 1.82) is 0 Å². The number of aliphatic hydroxyl groups excluding tert-OH is 1. The third kappa shape index (κ3) is 6.39. The van der Waals surface area contributed by atoms with Crippen LogP contribution in [0.3, 0.4) is 0 Å². The van der Waals surface area contributed by atoms with Crippen LogP contribution < -0.4 is 4.74 Å². The molecule has 2 aromatic rings. The van der Waals surface area contributed by atoms with E-state index in [4.69, 9.17) is 9.47 Å². The molecule has 0 saturated carbocycles. The number of ether oxygens (including phenoxy) is 2. The van der Waals surface area contributed by atoms with Crippen molar-refractivity contribution in [3.8, 4) is 5.75 Å². The van der Waals surface area contributed by atoms with Gasteiger partial charge < -0.3 is 14.6 Å². The van der Waals surface area contributed by atoms with Gasteiger partial charge in [0.05, 0.1) is 24.8 Å². The number of para-hydroxylation sites is 1. The molecule has 0 unspecified atom stereocenters. The SMILES string of the molecule is COC(=O)c1ccc([C@H](C)CC(=O)[C@@H]2CC[C@@H](O)CN2CCOc2ccccc2)cc1. The molecule has 1 heterocycles. The first-order valence-electron chi connectivity index (χ1n) is 10.8. The molecular formula is C25H31NO5. The van der Waals surface area contributed by atoms with Gasteiger partial charge in [-0.05, 0) is 48.6 Å². The first-order valence-corrected chi connectivity index (χ1v) is 10.8. The van der Waals surface area contributed by atoms with Crippen LogP contribution in [0, 0.1) is 0 Å². The van der Waals surface area contributed by atoms with E-state index in [0.717, 1.165) is 11.3 Å². The second kappa shape index (κ2) is 11.1. The molecule has 2 aromatic carbocycles. The number of hydrogen-bond donors (Lipinski definition) is 1. The quantitative estimate of drug-likeness (QED) is 0.621. The Morgan fingerprint density at radius 1 is 1.10 bits per heavy atom. The summed E-state index contributed by atoms with van der Waals surface area (Å²) in [6.07, 6.45) is 1.28. The van der Waals surface area contributed by atoms with Gasteiger partial charge in [0.25, 0.3) is 0 Å². The topological polar surface area (TPSA) is 76.1 Å². The minimum absolute atomic E-state index is 0.0356. The van der Waals surface area contributed by atoms with Gasteiger partial charge in [0.2, 0.25) is 0 Å². The third-order valence-electron chi connectivity index (χ3n) is 5.83. The number of aliphatic hydroxyl groups is 1. The van der Waals surface area contributed by atoms with E-state index in [9.17, 15) is 14.7 Å². The lowest BCUT2D eigenvalue weighted by atomic mass is 9.89. The van der Waals surface area contributed by atoms with Crippen LogP contribution >= 0.6 is 0 Å². The van der Waals surface area contributed by atoms with Gasteiger partial charge in [-0.1, -0.05) is 37.3 Å². The van der Waals surface area contributed by atoms with E-state index in [1.54, 1.807) is 12.1 Å². The van der Waals surface area contributed by atoms with Crippen molar-refractivity contribution < 1.29 is 24.2 Å². The van der Waals surface area contributed by atoms with Crippen molar-refractivity contribution in [2.75, 3.05) is 26.8 Å². The number of piperidine rings is 1. The van der Waals surface area contributed by atoms with Gasteiger partial charge in [0, 0.05) is 19.5 Å². The first-order chi connectivity index (χ1) is 15.0. The Morgan fingerprint density at radius 3 is 2.48 bits per heavy atom. The van der Waals surface area contributed by atoms with Gasteiger partial charge in [0.15, 0.2) is 5.78 Å². The van der Waals surface area contributed by atoms with Gasteiger partial charge in [-0.15, -0.1) is 0 Å². The Hall–Kier alpha value is -2.70. The summed E-state index contributed by atoms with van der Waals surface area (Å²) in [5, 5.41) is 10.1. The predicted octanol–water partition coefficient (Wildman–Crippen LogP) is 3.44. The number of likely N-dealkylation sites (tertiary alicyclic amines) is 1. The highest BCUT2D eigenvalue weighted by atomic mass is 16.5. The lowest BCUT2D eigenvalue weighted by Gasteiger charge is -2.37. The monoisotopic (exact) mass is 425 g/mol. The van der Waals surface area contributed by atoms with E-state index < -0.39 is 6.10 Å². The van der Waals surface area contributed by atoms with Crippen LogP contribution in [0.2, 0.25) is 0 Å². The summed E-state index contributed by atoms with van der Waals surface area (Å²) in [5.41, 5.74) is 1.51. The van der Waals surface area contributed by atoms with Crippen LogP contribution in [0.4, 0.5) is 0 Å². The maximum atomic E-state index is 13.1. The van der Waals surface area contributed by atoms with Crippen molar-refractivity contribution in [2.45, 2.75) is 44.2 Å². The Labute approximate surface area is 183 Å². The number of nitrogens with zero attached hydrogens (tertiary/aromatic N) is 1. The van der Waals surface area contributed by atoms with Gasteiger partial charge in [0.1, 0.15) is 12.4 Å². The van der Waals surface area contributed by atoms with E-state index in [0.29, 0.717) is 44.5 Å². The number of ketones is 1. The van der Waals surface area contributed by atoms with Crippen LogP contribution in [0.15, 0.2) is 54.6 Å². The van der Waals surface area contributed by atoms with Crippen LogP contribution in [-0.2, 0) is 9.53 Å². The molecule has 1 fully saturated rings. The number of Topliss-reactive ketones (excluding diaryl/α,β-unsaturated/α-hetero) is 1. The van der Waals surface area contributed by atoms with Gasteiger partial charge in [-0.2, -0.15) is 0 Å². The van der Waals surface area contributed by atoms with Crippen molar-refractivity contribution in [1.82, 2.24) is 4.90 Å². The molecule has 0 aromatic heterocycles. The molecule has 0 bridgehead atoms. The third-order valence-corrected chi connectivity index (χ3v) is 5.83. The predicted molar refractivity (Wildman–Crippen MR) is 118 cm³/mol. The highest BCUT2D eigenvalue weighted by Crippen LogP contribution is 2.25. The molecule has 3 rings (SSSR count). The number of carbonyl (C=O) groups is 2. The zero-order valence-electron chi connectivity index (χ0n) is 18.2. The summed E-state index contributed by atoms with van der Waals surface area (Å²) in [6.45, 7) is 3.55. The Bertz CT molecular complexity index is 852. The smallest absolute Gasteiger partial charge is 0.337 e. The second-order valence-corrected chi connectivity index (χ2v) is 8.09. The van der Waals surface area contributed by atoms with Gasteiger partial charge in [-0.25, -0.2) is 4.79 Å². The molecular weight excluding hydrogens is 394 g/mol. The summed E-state index contributed by atoms with van der Waals surface area (Å²) in [5.74, 6) is 0.640. The van der Waals surface area contributed by atoms with Crippen LogP contribution in [0.5, 0.6) is 5.75 Å². The molecule has 0 amide bonds. The van der Waals surface area contributed by atoms with E-state index in [-0.39, 0.29) is 23.7 Å². The number of methoxy groups -OCH3 is 1. The zero-order chi connectivity index (χ0) is 22.2. The fourth-order valence-corrected chi connectivity index (χ4v) is 4.05. The number of carbonyl (C=O) groups excluding carboxylic acids is 2. The molecule has 0 aliphatic carbocycles. The molecule has 6 nitrogen and oxygen atoms in total. The van der Waals surface area contributed by atoms with Gasteiger partial charge in [-0.3, -0.25) is 9.69 Å². The van der Waals surface area contributed by atoms with E-state index in [1.165, 1.54) is 7.11 Å². The van der Waals surface area contributed by atoms with Crippen molar-refractivity contribution >= 4 is 11.8 Å². The average molecular weight is 426 g/mol. The minimum atomic E-state index is -0.413. The highest BCUT2D eigenvalue weighted by molar-refractivity contribution is 5.89. The molecule has 3 atom stereocenters. The maximum Gasteiger partial charge on any atom is 0.337 e. The number of benzene rings is 2. The molecule has 1 aliphatic rings. The lowest BCUT2D eigenvalue weighted by Crippen LogP contribution is -2.50. The molecule has 0 spiro atoms. The molecule has 31 heavy (non-hydrogen) atoms. The Balaban J connectivity index is 1.57. The van der Waals surface area contributed by atoms with Crippen LogP contribution in [-0.4, -0.2) is 60.7 Å². The van der Waals surface area contributed by atoms with Crippen molar-refractivity contribution in [3.63, 3.8) is 0 Å². The number of β-amino-alcohol motifs (C(OH)–C–C–N with tert-alkyl or cyclic N) is 1. The van der Waals surface area contributed by atoms with E-state index in [2.05, 4.69) is 0 Å². The second-order valence-electron chi connectivity index (χ2n) is 8.09. The molecule has 1 saturated heterocycles. The fourth-order valence-electron chi connectivity index (χ4n) is 4.05. The summed E-state index contributed by atoms with van der Waals surface area (Å²) >= 11 is 0. The highest BCUT2D eigenvalue weighted by Gasteiger charge is 2.32. The fraction of sp³-hybridized carbons (Fsp3) is 0.440. The molecule has 6 heteroatoms. The van der Waals surface area contributed by atoms with Crippen LogP contribution in [0.25, 0.3) is 0 Å². The molecule has 166 valence electrons. The lowest BCUT2D eigenvalue weighted by molar-refractivity contribution is -0.127. The average Bonchev–Trinajstić information content (AvgIpc) is 2.79. The van der Waals surface area contributed by atoms with Crippen molar-refractivity contribution in [2.24, 2.45) is 0 Å². The normalized spacial score (nSPS) is 20.1. The maximum absolute atomic E-state index is 13.1. The standard InChI is InChI=1S/C25H31NO5/c1-18(19-8-10-20(11-9-19)25(29)30-2)16-24(28)23-13-12-21(27)17-26(23)14-15-31-22-6-4-3-5-7-22/h3-11,18,21,23,27H,12-17H2,1-2H3/t18-,21-,23+/m1/s1. The first kappa shape index (κ1) is 23.0. The summed E-state index contributed by atoms with van der Waals surface area (Å²) in [6, 6.07) is 16.6. The zero-order valence-corrected chi connectivity index (χ0v) is 18.2. The van der Waals surface area contributed by atoms with E-state index in [1.807, 2.05) is 54.3 Å². The minimum Gasteiger partial charge on any atom is -0.492 e. The summed E-state index contributed by atoms with van der Waals surface area (Å²) in [4.78, 5) is 26.8. The number of hydrogen-bond acceptors (Lipinski definition) is 6. The number of esters is 1. The van der Waals surface area contributed by atoms with Crippen molar-refractivity contribution in [3.05, 3.63) is 65.7 Å².